The fourth-order valence-electron chi connectivity index (χ4n) is 1.55. The maximum Gasteiger partial charge on any atom is 0.335 e. The maximum atomic E-state index is 11.0. The Morgan fingerprint density at radius 1 is 1.50 bits per heavy atom. The van der Waals surface area contributed by atoms with Gasteiger partial charge in [0.2, 0.25) is 0 Å². The van der Waals surface area contributed by atoms with Crippen LogP contribution in [-0.4, -0.2) is 25.8 Å². The summed E-state index contributed by atoms with van der Waals surface area (Å²) in [6.45, 7) is 3.69. The molecule has 0 aliphatic rings. The molecule has 0 bridgehead atoms. The van der Waals surface area contributed by atoms with Gasteiger partial charge < -0.3 is 5.11 Å². The quantitative estimate of drug-likeness (QED) is 0.926. The van der Waals surface area contributed by atoms with Crippen molar-refractivity contribution in [1.82, 2.24) is 14.8 Å². The van der Waals surface area contributed by atoms with Crippen molar-refractivity contribution in [2.24, 2.45) is 0 Å². The molecule has 2 aromatic rings. The second-order valence-electron chi connectivity index (χ2n) is 3.87. The molecule has 5 nitrogen and oxygen atoms in total. The van der Waals surface area contributed by atoms with Crippen LogP contribution in [0.25, 0.3) is 5.82 Å². The van der Waals surface area contributed by atoms with E-state index in [4.69, 9.17) is 16.7 Å². The number of carboxylic acid groups (broad SMARTS) is 1. The molecule has 2 rings (SSSR count). The lowest BCUT2D eigenvalue weighted by atomic mass is 10.2. The van der Waals surface area contributed by atoms with Gasteiger partial charge in [0.1, 0.15) is 0 Å². The molecule has 0 saturated carbocycles. The molecule has 0 aliphatic carbocycles. The molecule has 0 radical (unpaired) electrons. The highest BCUT2D eigenvalue weighted by molar-refractivity contribution is 6.31. The van der Waals surface area contributed by atoms with Crippen LogP contribution in [0, 0.1) is 6.92 Å². The summed E-state index contributed by atoms with van der Waals surface area (Å²) in [6, 6.07) is 3.04. The zero-order chi connectivity index (χ0) is 13.3. The van der Waals surface area contributed by atoms with E-state index in [1.54, 1.807) is 19.2 Å². The first kappa shape index (κ1) is 12.6. The van der Waals surface area contributed by atoms with Crippen molar-refractivity contribution in [2.75, 3.05) is 0 Å². The van der Waals surface area contributed by atoms with E-state index in [0.29, 0.717) is 28.6 Å². The van der Waals surface area contributed by atoms with Crippen LogP contribution < -0.4 is 0 Å². The Bertz CT molecular complexity index is 588. The van der Waals surface area contributed by atoms with Gasteiger partial charge in [-0.2, -0.15) is 5.10 Å². The van der Waals surface area contributed by atoms with Crippen molar-refractivity contribution < 1.29 is 9.90 Å². The van der Waals surface area contributed by atoms with Crippen molar-refractivity contribution >= 4 is 17.6 Å². The van der Waals surface area contributed by atoms with Gasteiger partial charge >= 0.3 is 5.97 Å². The Hall–Kier alpha value is -1.88. The fourth-order valence-corrected chi connectivity index (χ4v) is 1.68. The van der Waals surface area contributed by atoms with Crippen molar-refractivity contribution in [3.8, 4) is 5.82 Å². The molecule has 0 unspecified atom stereocenters. The number of hydrogen-bond donors (Lipinski definition) is 1. The second-order valence-corrected chi connectivity index (χ2v) is 4.28. The van der Waals surface area contributed by atoms with Crippen LogP contribution in [0.1, 0.15) is 28.7 Å². The molecule has 0 amide bonds. The van der Waals surface area contributed by atoms with Gasteiger partial charge in [0.15, 0.2) is 5.82 Å². The largest absolute Gasteiger partial charge is 0.478 e. The van der Waals surface area contributed by atoms with Gasteiger partial charge in [-0.15, -0.1) is 0 Å². The molecular weight excluding hydrogens is 254 g/mol. The number of rotatable bonds is 3. The van der Waals surface area contributed by atoms with Crippen molar-refractivity contribution in [2.45, 2.75) is 20.3 Å². The van der Waals surface area contributed by atoms with Gasteiger partial charge in [0, 0.05) is 5.69 Å². The SMILES string of the molecule is CCc1cc(C(=O)O)cc(-n2cc(Cl)c(C)n2)n1. The van der Waals surface area contributed by atoms with Crippen LogP contribution in [0.3, 0.4) is 0 Å². The van der Waals surface area contributed by atoms with Crippen LogP contribution in [0.5, 0.6) is 0 Å². The summed E-state index contributed by atoms with van der Waals surface area (Å²) in [5.41, 5.74) is 1.58. The first-order valence-corrected chi connectivity index (χ1v) is 5.85. The Morgan fingerprint density at radius 2 is 2.22 bits per heavy atom. The van der Waals surface area contributed by atoms with Gasteiger partial charge in [0.05, 0.1) is 22.5 Å². The maximum absolute atomic E-state index is 11.0. The number of pyridine rings is 1. The monoisotopic (exact) mass is 265 g/mol. The summed E-state index contributed by atoms with van der Waals surface area (Å²) < 4.78 is 1.49. The third-order valence-corrected chi connectivity index (χ3v) is 2.92. The van der Waals surface area contributed by atoms with E-state index >= 15 is 0 Å². The Morgan fingerprint density at radius 3 is 2.72 bits per heavy atom. The van der Waals surface area contributed by atoms with E-state index in [9.17, 15) is 4.79 Å². The molecule has 94 valence electrons. The molecule has 2 aromatic heterocycles. The standard InChI is InChI=1S/C12H12ClN3O2/c1-3-9-4-8(12(17)18)5-11(14-9)16-6-10(13)7(2)15-16/h4-6H,3H2,1-2H3,(H,17,18). The van der Waals surface area contributed by atoms with Crippen molar-refractivity contribution in [3.63, 3.8) is 0 Å². The van der Waals surface area contributed by atoms with Gasteiger partial charge in [0.25, 0.3) is 0 Å². The van der Waals surface area contributed by atoms with Crippen molar-refractivity contribution in [1.29, 1.82) is 0 Å². The lowest BCUT2D eigenvalue weighted by Crippen LogP contribution is -2.06. The number of halogens is 1. The Kier molecular flexibility index (Phi) is 3.34. The Balaban J connectivity index is 2.56. The molecule has 0 spiro atoms. The number of aromatic nitrogens is 3. The average Bonchev–Trinajstić information content (AvgIpc) is 2.69. The highest BCUT2D eigenvalue weighted by Crippen LogP contribution is 2.17. The molecule has 2 heterocycles. The van der Waals surface area contributed by atoms with E-state index in [-0.39, 0.29) is 5.56 Å². The molecule has 0 aliphatic heterocycles. The number of hydrogen-bond acceptors (Lipinski definition) is 3. The van der Waals surface area contributed by atoms with E-state index in [1.165, 1.54) is 10.7 Å². The third kappa shape index (κ3) is 2.36. The summed E-state index contributed by atoms with van der Waals surface area (Å²) in [4.78, 5) is 15.4. The van der Waals surface area contributed by atoms with Crippen LogP contribution in [0.15, 0.2) is 18.3 Å². The van der Waals surface area contributed by atoms with E-state index < -0.39 is 5.97 Å². The molecule has 18 heavy (non-hydrogen) atoms. The summed E-state index contributed by atoms with van der Waals surface area (Å²) in [5, 5.41) is 13.8. The van der Waals surface area contributed by atoms with Gasteiger partial charge in [-0.3, -0.25) is 0 Å². The van der Waals surface area contributed by atoms with Crippen LogP contribution in [0.4, 0.5) is 0 Å². The summed E-state index contributed by atoms with van der Waals surface area (Å²) in [7, 11) is 0. The fraction of sp³-hybridized carbons (Fsp3) is 0.250. The van der Waals surface area contributed by atoms with E-state index in [0.717, 1.165) is 0 Å². The van der Waals surface area contributed by atoms with Gasteiger partial charge in [-0.1, -0.05) is 18.5 Å². The minimum absolute atomic E-state index is 0.195. The topological polar surface area (TPSA) is 68.0 Å². The summed E-state index contributed by atoms with van der Waals surface area (Å²) in [6.07, 6.45) is 2.27. The lowest BCUT2D eigenvalue weighted by Gasteiger charge is -2.05. The number of carboxylic acids is 1. The first-order valence-electron chi connectivity index (χ1n) is 5.47. The highest BCUT2D eigenvalue weighted by Gasteiger charge is 2.11. The molecule has 1 N–H and O–H groups in total. The first-order chi connectivity index (χ1) is 8.51. The molecular formula is C12H12ClN3O2. The van der Waals surface area contributed by atoms with Gasteiger partial charge in [-0.05, 0) is 25.5 Å². The third-order valence-electron chi connectivity index (χ3n) is 2.55. The smallest absolute Gasteiger partial charge is 0.335 e. The molecule has 0 aromatic carbocycles. The highest BCUT2D eigenvalue weighted by atomic mass is 35.5. The van der Waals surface area contributed by atoms with Crippen molar-refractivity contribution in [3.05, 3.63) is 40.3 Å². The zero-order valence-electron chi connectivity index (χ0n) is 10.0. The Labute approximate surface area is 109 Å². The molecule has 0 atom stereocenters. The molecule has 0 saturated heterocycles. The van der Waals surface area contributed by atoms with E-state index in [1.807, 2.05) is 6.92 Å². The predicted molar refractivity (Wildman–Crippen MR) is 67.4 cm³/mol. The summed E-state index contributed by atoms with van der Waals surface area (Å²) >= 11 is 5.93. The second kappa shape index (κ2) is 4.78. The van der Waals surface area contributed by atoms with Crippen LogP contribution >= 0.6 is 11.6 Å². The van der Waals surface area contributed by atoms with Crippen LogP contribution in [-0.2, 0) is 6.42 Å². The lowest BCUT2D eigenvalue weighted by molar-refractivity contribution is 0.0696. The van der Waals surface area contributed by atoms with Crippen LogP contribution in [0.2, 0.25) is 5.02 Å². The molecule has 6 heteroatoms. The van der Waals surface area contributed by atoms with E-state index in [2.05, 4.69) is 10.1 Å². The minimum Gasteiger partial charge on any atom is -0.478 e. The number of aromatic carboxylic acids is 1. The predicted octanol–water partition coefficient (Wildman–Crippen LogP) is 2.49. The molecule has 0 fully saturated rings. The number of aryl methyl sites for hydroxylation is 2. The van der Waals surface area contributed by atoms with Gasteiger partial charge in [-0.25, -0.2) is 14.5 Å². The average molecular weight is 266 g/mol. The minimum atomic E-state index is -0.983. The summed E-state index contributed by atoms with van der Waals surface area (Å²) in [5.74, 6) is -0.523. The normalized spacial score (nSPS) is 10.6. The zero-order valence-corrected chi connectivity index (χ0v) is 10.8. The number of carbonyl (C=O) groups is 1. The number of nitrogens with zero attached hydrogens (tertiary/aromatic N) is 3.